The van der Waals surface area contributed by atoms with Crippen LogP contribution in [0.4, 0.5) is 0 Å². The molecule has 0 bridgehead atoms. The van der Waals surface area contributed by atoms with Crippen molar-refractivity contribution >= 4 is 0 Å². The molecule has 0 heterocycles. The van der Waals surface area contributed by atoms with Gasteiger partial charge < -0.3 is 0 Å². The van der Waals surface area contributed by atoms with Crippen LogP contribution in [0.3, 0.4) is 0 Å². The number of hydrogen-bond acceptors (Lipinski definition) is 4. The minimum Gasteiger partial charge on any atom is -0.237 e. The van der Waals surface area contributed by atoms with E-state index in [-0.39, 0.29) is 6.10 Å². The van der Waals surface area contributed by atoms with E-state index in [0.29, 0.717) is 0 Å². The second-order valence-corrected chi connectivity index (χ2v) is 19.4. The Morgan fingerprint density at radius 2 is 0.734 bits per heavy atom. The van der Waals surface area contributed by atoms with E-state index in [1.807, 2.05) is 39.8 Å². The molecule has 1 rings (SSSR count). The van der Waals surface area contributed by atoms with Crippen LogP contribution in [0, 0.1) is 23.7 Å². The minimum atomic E-state index is 0.172. The molecule has 1 saturated carbocycles. The molecule has 0 aromatic heterocycles. The monoisotopic (exact) mass is 905 g/mol. The molecule has 1 fully saturated rings. The smallest absolute Gasteiger partial charge is 0.0964 e. The Hall–Kier alpha value is -0.680. The van der Waals surface area contributed by atoms with Crippen molar-refractivity contribution in [3.05, 3.63) is 25.3 Å². The lowest BCUT2D eigenvalue weighted by Crippen LogP contribution is -2.35. The summed E-state index contributed by atoms with van der Waals surface area (Å²) in [5.41, 5.74) is 0. The summed E-state index contributed by atoms with van der Waals surface area (Å²) >= 11 is 0. The molecule has 4 nitrogen and oxygen atoms in total. The molecule has 0 aromatic rings. The lowest BCUT2D eigenvalue weighted by atomic mass is 9.61. The molecule has 64 heavy (non-hydrogen) atoms. The molecule has 4 heteroatoms. The highest BCUT2D eigenvalue weighted by atomic mass is 17.2. The van der Waals surface area contributed by atoms with E-state index in [0.717, 1.165) is 75.6 Å². The van der Waals surface area contributed by atoms with Crippen molar-refractivity contribution in [1.82, 2.24) is 0 Å². The summed E-state index contributed by atoms with van der Waals surface area (Å²) in [5, 5.41) is 0. The van der Waals surface area contributed by atoms with Crippen LogP contribution in [0.1, 0.15) is 312 Å². The van der Waals surface area contributed by atoms with Crippen LogP contribution in [0.25, 0.3) is 0 Å². The first-order chi connectivity index (χ1) is 31.7. The van der Waals surface area contributed by atoms with E-state index in [4.69, 9.17) is 19.6 Å². The average molecular weight is 906 g/mol. The van der Waals surface area contributed by atoms with Crippen molar-refractivity contribution in [3.63, 3.8) is 0 Å². The van der Waals surface area contributed by atoms with Gasteiger partial charge in [-0.15, -0.1) is 13.2 Å². The molecule has 0 aliphatic heterocycles. The first-order valence-electron chi connectivity index (χ1n) is 29.5. The van der Waals surface area contributed by atoms with E-state index in [1.165, 1.54) is 231 Å². The molecule has 1 aliphatic carbocycles. The third-order valence-electron chi connectivity index (χ3n) is 14.0. The number of allylic oxidation sites excluding steroid dienone is 1. The highest BCUT2D eigenvalue weighted by molar-refractivity contribution is 4.88. The summed E-state index contributed by atoms with van der Waals surface area (Å²) in [6, 6.07) is 0. The molecule has 0 N–H and O–H groups in total. The Bertz CT molecular complexity index is 861. The molecule has 0 amide bonds. The van der Waals surface area contributed by atoms with E-state index in [2.05, 4.69) is 33.9 Å². The minimum absolute atomic E-state index is 0.172. The predicted molar refractivity (Wildman–Crippen MR) is 286 cm³/mol. The number of unbranched alkanes of at least 4 members (excludes halogenated alkanes) is 27. The second kappa shape index (κ2) is 56.6. The van der Waals surface area contributed by atoms with Crippen molar-refractivity contribution in [2.75, 3.05) is 19.8 Å². The third kappa shape index (κ3) is 42.7. The SMILES string of the molecule is C=CCCCCCCCCCOOCCCCCCCC1C(CCCCCCCOOC(CC=C)CCCCCCC)CCC(CCCCCC)C1CCCCCCCC.CC.CC. The molecule has 0 aromatic carbocycles. The van der Waals surface area contributed by atoms with Crippen molar-refractivity contribution in [3.8, 4) is 0 Å². The molecule has 5 unspecified atom stereocenters. The van der Waals surface area contributed by atoms with Crippen LogP contribution in [-0.2, 0) is 19.6 Å². The zero-order valence-electron chi connectivity index (χ0n) is 45.2. The Morgan fingerprint density at radius 1 is 0.391 bits per heavy atom. The van der Waals surface area contributed by atoms with Crippen molar-refractivity contribution in [2.45, 2.75) is 318 Å². The van der Waals surface area contributed by atoms with Gasteiger partial charge in [-0.05, 0) is 94.3 Å². The van der Waals surface area contributed by atoms with Gasteiger partial charge in [0.1, 0.15) is 0 Å². The number of hydrogen-bond donors (Lipinski definition) is 0. The molecular weight excluding hydrogens is 785 g/mol. The Kier molecular flexibility index (Phi) is 57.9. The molecule has 1 aliphatic rings. The second-order valence-electron chi connectivity index (χ2n) is 19.4. The molecule has 0 spiro atoms. The normalized spacial score (nSPS) is 17.6. The van der Waals surface area contributed by atoms with Crippen LogP contribution < -0.4 is 0 Å². The lowest BCUT2D eigenvalue weighted by Gasteiger charge is -2.44. The molecule has 5 atom stereocenters. The van der Waals surface area contributed by atoms with Crippen LogP contribution in [0.15, 0.2) is 25.3 Å². The van der Waals surface area contributed by atoms with Gasteiger partial charge in [-0.3, -0.25) is 0 Å². The zero-order valence-corrected chi connectivity index (χ0v) is 45.2. The Labute approximate surface area is 404 Å². The van der Waals surface area contributed by atoms with Gasteiger partial charge in [0.05, 0.1) is 25.9 Å². The van der Waals surface area contributed by atoms with Gasteiger partial charge >= 0.3 is 0 Å². The van der Waals surface area contributed by atoms with Crippen LogP contribution >= 0.6 is 0 Å². The van der Waals surface area contributed by atoms with Crippen LogP contribution in [0.5, 0.6) is 0 Å². The molecule has 0 saturated heterocycles. The van der Waals surface area contributed by atoms with Gasteiger partial charge in [0, 0.05) is 0 Å². The van der Waals surface area contributed by atoms with Crippen LogP contribution in [-0.4, -0.2) is 25.9 Å². The lowest BCUT2D eigenvalue weighted by molar-refractivity contribution is -0.325. The standard InChI is InChI=1S/C56H108O4.2C2H6/c1-6-11-15-19-21-22-23-30-38-49-57-58-50-39-31-25-29-37-46-56-53(48-47-52(42-33-18-14-9-4)55(56)45-36-28-20-16-12-7-2)43-34-27-24-32-40-51-59-60-54(41-10-5)44-35-26-17-13-8-3;2*1-2/h6,10,52-56H,1,5,7-9,11-51H2,2-4H3;2*1-2H3. The fraction of sp³-hybridized carbons (Fsp3) is 0.933. The highest BCUT2D eigenvalue weighted by Crippen LogP contribution is 2.48. The summed E-state index contributed by atoms with van der Waals surface area (Å²) in [6.07, 6.45) is 59.2. The van der Waals surface area contributed by atoms with Gasteiger partial charge in [0.25, 0.3) is 0 Å². The quantitative estimate of drug-likeness (QED) is 0.0264. The van der Waals surface area contributed by atoms with Crippen molar-refractivity contribution in [2.24, 2.45) is 23.7 Å². The van der Waals surface area contributed by atoms with Gasteiger partial charge in [-0.25, -0.2) is 19.6 Å². The largest absolute Gasteiger partial charge is 0.237 e. The van der Waals surface area contributed by atoms with Crippen molar-refractivity contribution < 1.29 is 19.6 Å². The molecule has 0 radical (unpaired) electrons. The van der Waals surface area contributed by atoms with Gasteiger partial charge in [-0.1, -0.05) is 253 Å². The fourth-order valence-electron chi connectivity index (χ4n) is 10.3. The summed E-state index contributed by atoms with van der Waals surface area (Å²) in [6.45, 7) is 25.0. The summed E-state index contributed by atoms with van der Waals surface area (Å²) < 4.78 is 0. The fourth-order valence-corrected chi connectivity index (χ4v) is 10.3. The van der Waals surface area contributed by atoms with Gasteiger partial charge in [0.15, 0.2) is 0 Å². The van der Waals surface area contributed by atoms with E-state index in [9.17, 15) is 0 Å². The summed E-state index contributed by atoms with van der Waals surface area (Å²) in [5.74, 6) is 3.87. The third-order valence-corrected chi connectivity index (χ3v) is 14.0. The summed E-state index contributed by atoms with van der Waals surface area (Å²) in [4.78, 5) is 22.6. The highest BCUT2D eigenvalue weighted by Gasteiger charge is 2.37. The van der Waals surface area contributed by atoms with E-state index < -0.39 is 0 Å². The maximum absolute atomic E-state index is 5.83. The zero-order chi connectivity index (χ0) is 47.2. The van der Waals surface area contributed by atoms with Crippen LogP contribution in [0.2, 0.25) is 0 Å². The van der Waals surface area contributed by atoms with Gasteiger partial charge in [-0.2, -0.15) is 0 Å². The Balaban J connectivity index is 0. The number of rotatable bonds is 49. The first kappa shape index (κ1) is 65.4. The Morgan fingerprint density at radius 3 is 1.16 bits per heavy atom. The molecule has 384 valence electrons. The molecular formula is C60H120O4. The van der Waals surface area contributed by atoms with Crippen molar-refractivity contribution in [1.29, 1.82) is 0 Å². The van der Waals surface area contributed by atoms with E-state index in [1.54, 1.807) is 0 Å². The van der Waals surface area contributed by atoms with Gasteiger partial charge in [0.2, 0.25) is 0 Å². The maximum atomic E-state index is 5.83. The predicted octanol–water partition coefficient (Wildman–Crippen LogP) is 21.2. The maximum Gasteiger partial charge on any atom is 0.0964 e. The van der Waals surface area contributed by atoms with E-state index >= 15 is 0 Å². The average Bonchev–Trinajstić information content (AvgIpc) is 3.32. The summed E-state index contributed by atoms with van der Waals surface area (Å²) in [7, 11) is 0. The first-order valence-corrected chi connectivity index (χ1v) is 29.5. The topological polar surface area (TPSA) is 36.9 Å².